The molecule has 4 heterocycles. The van der Waals surface area contributed by atoms with Crippen molar-refractivity contribution in [2.45, 2.75) is 0 Å². The summed E-state index contributed by atoms with van der Waals surface area (Å²) in [4.78, 5) is 4.95. The topological polar surface area (TPSA) is 54.7 Å². The minimum absolute atomic E-state index is 0.642. The van der Waals surface area contributed by atoms with Gasteiger partial charge in [0.1, 0.15) is 17.5 Å². The summed E-state index contributed by atoms with van der Waals surface area (Å²) in [6.07, 6.45) is 3.91. The number of benzene rings is 1. The molecule has 0 aliphatic carbocycles. The molecule has 5 rings (SSSR count). The predicted molar refractivity (Wildman–Crippen MR) is 100 cm³/mol. The number of pyridine rings is 1. The molecule has 5 nitrogen and oxygen atoms in total. The lowest BCUT2D eigenvalue weighted by atomic mass is 10.1. The Balaban J connectivity index is 2.02. The highest BCUT2D eigenvalue weighted by Crippen LogP contribution is 2.34. The first-order valence-electron chi connectivity index (χ1n) is 8.27. The quantitative estimate of drug-likeness (QED) is 0.482. The molecule has 0 unspecified atom stereocenters. The van der Waals surface area contributed by atoms with Crippen LogP contribution in [0.3, 0.4) is 0 Å². The Morgan fingerprint density at radius 1 is 0.923 bits per heavy atom. The van der Waals surface area contributed by atoms with Crippen molar-refractivity contribution in [2.75, 3.05) is 7.11 Å². The van der Waals surface area contributed by atoms with Crippen molar-refractivity contribution in [2.24, 2.45) is 0 Å². The number of hydrogen-bond acceptors (Lipinski definition) is 3. The first kappa shape index (κ1) is 14.6. The van der Waals surface area contributed by atoms with Gasteiger partial charge >= 0.3 is 0 Å². The lowest BCUT2D eigenvalue weighted by molar-refractivity contribution is 0.416. The standard InChI is InChI=1S/C21H14N4O/c1-26-18-10-3-2-7-14(18)20-23-21-19(17-9-6-12-25(17)20)15(13-22)16-8-4-5-11-24(16)21/h2-12H,1H3. The molecule has 0 amide bonds. The van der Waals surface area contributed by atoms with Crippen LogP contribution in [0.2, 0.25) is 0 Å². The Kier molecular flexibility index (Phi) is 3.00. The molecule has 0 saturated carbocycles. The van der Waals surface area contributed by atoms with Gasteiger partial charge in [-0.15, -0.1) is 0 Å². The van der Waals surface area contributed by atoms with Crippen molar-refractivity contribution in [3.05, 3.63) is 72.6 Å². The Labute approximate surface area is 149 Å². The average Bonchev–Trinajstić information content (AvgIpc) is 3.29. The maximum Gasteiger partial charge on any atom is 0.150 e. The number of fused-ring (bicyclic) bond motifs is 5. The lowest BCUT2D eigenvalue weighted by Gasteiger charge is -2.11. The maximum absolute atomic E-state index is 9.77. The van der Waals surface area contributed by atoms with Crippen LogP contribution >= 0.6 is 0 Å². The fourth-order valence-electron chi connectivity index (χ4n) is 3.60. The van der Waals surface area contributed by atoms with Crippen LogP contribution in [0.5, 0.6) is 5.75 Å². The van der Waals surface area contributed by atoms with Crippen LogP contribution in [-0.2, 0) is 0 Å². The average molecular weight is 338 g/mol. The van der Waals surface area contributed by atoms with E-state index in [0.29, 0.717) is 5.56 Å². The molecule has 0 saturated heterocycles. The molecule has 0 atom stereocenters. The van der Waals surface area contributed by atoms with Crippen molar-refractivity contribution >= 4 is 22.1 Å². The van der Waals surface area contributed by atoms with Gasteiger partial charge in [0.25, 0.3) is 0 Å². The molecule has 1 aromatic carbocycles. The van der Waals surface area contributed by atoms with Gasteiger partial charge in [0.2, 0.25) is 0 Å². The number of nitrogens with zero attached hydrogens (tertiary/aromatic N) is 4. The molecule has 0 bridgehead atoms. The highest BCUT2D eigenvalue weighted by molar-refractivity contribution is 6.04. The predicted octanol–water partition coefficient (Wildman–Crippen LogP) is 4.29. The van der Waals surface area contributed by atoms with Gasteiger partial charge in [0, 0.05) is 12.4 Å². The zero-order valence-corrected chi connectivity index (χ0v) is 14.0. The number of nitriles is 1. The van der Waals surface area contributed by atoms with Crippen LogP contribution in [0.15, 0.2) is 67.0 Å². The summed E-state index contributed by atoms with van der Waals surface area (Å²) < 4.78 is 9.53. The molecule has 124 valence electrons. The second kappa shape index (κ2) is 5.36. The highest BCUT2D eigenvalue weighted by atomic mass is 16.5. The highest BCUT2D eigenvalue weighted by Gasteiger charge is 2.19. The third kappa shape index (κ3) is 1.81. The molecule has 5 aromatic rings. The van der Waals surface area contributed by atoms with E-state index in [1.54, 1.807) is 7.11 Å². The Hall–Kier alpha value is -3.78. The Bertz CT molecular complexity index is 1340. The van der Waals surface area contributed by atoms with Crippen LogP contribution in [0.4, 0.5) is 0 Å². The molecular weight excluding hydrogens is 324 g/mol. The van der Waals surface area contributed by atoms with E-state index >= 15 is 0 Å². The van der Waals surface area contributed by atoms with Gasteiger partial charge in [-0.05, 0) is 36.4 Å². The molecule has 0 aliphatic rings. The van der Waals surface area contributed by atoms with Crippen molar-refractivity contribution in [1.29, 1.82) is 5.26 Å². The largest absolute Gasteiger partial charge is 0.496 e. The second-order valence-electron chi connectivity index (χ2n) is 6.04. The second-order valence-corrected chi connectivity index (χ2v) is 6.04. The van der Waals surface area contributed by atoms with Crippen molar-refractivity contribution in [1.82, 2.24) is 13.8 Å². The normalized spacial score (nSPS) is 11.2. The van der Waals surface area contributed by atoms with E-state index in [4.69, 9.17) is 9.72 Å². The summed E-state index contributed by atoms with van der Waals surface area (Å²) in [6.45, 7) is 0. The van der Waals surface area contributed by atoms with Gasteiger partial charge < -0.3 is 9.14 Å². The number of ether oxygens (including phenoxy) is 1. The summed E-state index contributed by atoms with van der Waals surface area (Å²) in [5.41, 5.74) is 4.13. The number of para-hydroxylation sites is 1. The van der Waals surface area contributed by atoms with Crippen LogP contribution < -0.4 is 4.74 Å². The van der Waals surface area contributed by atoms with E-state index in [1.807, 2.05) is 75.8 Å². The Morgan fingerprint density at radius 3 is 2.54 bits per heavy atom. The van der Waals surface area contributed by atoms with Gasteiger partial charge in [0.05, 0.1) is 34.7 Å². The minimum Gasteiger partial charge on any atom is -0.496 e. The van der Waals surface area contributed by atoms with Gasteiger partial charge in [-0.25, -0.2) is 4.98 Å². The number of methoxy groups -OCH3 is 1. The summed E-state index contributed by atoms with van der Waals surface area (Å²) in [5.74, 6) is 1.54. The minimum atomic E-state index is 0.642. The van der Waals surface area contributed by atoms with Crippen LogP contribution in [0, 0.1) is 11.3 Å². The van der Waals surface area contributed by atoms with E-state index < -0.39 is 0 Å². The smallest absolute Gasteiger partial charge is 0.150 e. The van der Waals surface area contributed by atoms with Crippen molar-refractivity contribution < 1.29 is 4.74 Å². The third-order valence-corrected chi connectivity index (χ3v) is 4.72. The molecule has 0 spiro atoms. The molecule has 26 heavy (non-hydrogen) atoms. The van der Waals surface area contributed by atoms with E-state index in [-0.39, 0.29) is 0 Å². The monoisotopic (exact) mass is 338 g/mol. The molecule has 5 heteroatoms. The van der Waals surface area contributed by atoms with Crippen molar-refractivity contribution in [3.8, 4) is 23.2 Å². The zero-order valence-electron chi connectivity index (χ0n) is 14.0. The van der Waals surface area contributed by atoms with E-state index in [2.05, 4.69) is 6.07 Å². The van der Waals surface area contributed by atoms with Gasteiger partial charge in [0.15, 0.2) is 5.82 Å². The molecule has 0 radical (unpaired) electrons. The van der Waals surface area contributed by atoms with Gasteiger partial charge in [-0.2, -0.15) is 5.26 Å². The van der Waals surface area contributed by atoms with Gasteiger partial charge in [-0.1, -0.05) is 18.2 Å². The molecule has 0 aliphatic heterocycles. The first-order chi connectivity index (χ1) is 12.8. The molecule has 0 fully saturated rings. The third-order valence-electron chi connectivity index (χ3n) is 4.72. The SMILES string of the molecule is COc1ccccc1-c1nc2c(c(C#N)c3ccccn32)c2cccn12. The maximum atomic E-state index is 9.77. The van der Waals surface area contributed by atoms with E-state index in [9.17, 15) is 5.26 Å². The van der Waals surface area contributed by atoms with Crippen LogP contribution in [-0.4, -0.2) is 20.9 Å². The van der Waals surface area contributed by atoms with Crippen LogP contribution in [0.1, 0.15) is 5.56 Å². The number of hydrogen-bond donors (Lipinski definition) is 0. The number of rotatable bonds is 2. The zero-order chi connectivity index (χ0) is 17.7. The summed E-state index contributed by atoms with van der Waals surface area (Å²) in [7, 11) is 1.66. The Morgan fingerprint density at radius 2 is 1.69 bits per heavy atom. The lowest BCUT2D eigenvalue weighted by Crippen LogP contribution is -1.99. The summed E-state index contributed by atoms with van der Waals surface area (Å²) >= 11 is 0. The molecular formula is C21H14N4O. The first-order valence-corrected chi connectivity index (χ1v) is 8.27. The summed E-state index contributed by atoms with van der Waals surface area (Å²) in [5, 5.41) is 10.6. The molecule has 0 N–H and O–H groups in total. The summed E-state index contributed by atoms with van der Waals surface area (Å²) in [6, 6.07) is 20.0. The van der Waals surface area contributed by atoms with Crippen LogP contribution in [0.25, 0.3) is 33.5 Å². The fraction of sp³-hybridized carbons (Fsp3) is 0.0476. The van der Waals surface area contributed by atoms with Gasteiger partial charge in [-0.3, -0.25) is 4.40 Å². The van der Waals surface area contributed by atoms with Crippen molar-refractivity contribution in [3.63, 3.8) is 0 Å². The van der Waals surface area contributed by atoms with E-state index in [0.717, 1.165) is 39.2 Å². The van der Waals surface area contributed by atoms with E-state index in [1.165, 1.54) is 0 Å². The number of aromatic nitrogens is 3. The molecule has 4 aromatic heterocycles. The fourth-order valence-corrected chi connectivity index (χ4v) is 3.60.